The van der Waals surface area contributed by atoms with Gasteiger partial charge >= 0.3 is 0 Å². The van der Waals surface area contributed by atoms with E-state index in [0.717, 1.165) is 37.0 Å². The van der Waals surface area contributed by atoms with Crippen molar-refractivity contribution in [3.05, 3.63) is 29.3 Å². The minimum atomic E-state index is -0.160. The Morgan fingerprint density at radius 1 is 1.44 bits per heavy atom. The molecule has 3 heteroatoms. The number of fused-ring (bicyclic) bond motifs is 1. The lowest BCUT2D eigenvalue weighted by atomic mass is 9.99. The van der Waals surface area contributed by atoms with E-state index in [1.165, 1.54) is 5.56 Å². The zero-order valence-electron chi connectivity index (χ0n) is 9.77. The van der Waals surface area contributed by atoms with Crippen LogP contribution in [0.2, 0.25) is 0 Å². The third kappa shape index (κ3) is 2.09. The van der Waals surface area contributed by atoms with Gasteiger partial charge in [-0.2, -0.15) is 0 Å². The van der Waals surface area contributed by atoms with Crippen molar-refractivity contribution in [1.29, 1.82) is 0 Å². The quantitative estimate of drug-likeness (QED) is 0.726. The molecule has 1 aromatic rings. The Morgan fingerprint density at radius 2 is 2.25 bits per heavy atom. The van der Waals surface area contributed by atoms with E-state index >= 15 is 0 Å². The van der Waals surface area contributed by atoms with Crippen molar-refractivity contribution in [1.82, 2.24) is 4.90 Å². The van der Waals surface area contributed by atoms with Gasteiger partial charge in [-0.05, 0) is 44.1 Å². The number of benzene rings is 1. The van der Waals surface area contributed by atoms with Crippen molar-refractivity contribution >= 4 is 6.29 Å². The molecule has 1 heterocycles. The number of nitrogens with zero attached hydrogens (tertiary/aromatic N) is 1. The van der Waals surface area contributed by atoms with Crippen molar-refractivity contribution in [2.75, 3.05) is 20.7 Å². The van der Waals surface area contributed by atoms with Gasteiger partial charge in [-0.3, -0.25) is 4.90 Å². The van der Waals surface area contributed by atoms with Crippen LogP contribution in [0.25, 0.3) is 0 Å². The first-order valence-corrected chi connectivity index (χ1v) is 5.59. The maximum absolute atomic E-state index is 11.0. The predicted octanol–water partition coefficient (Wildman–Crippen LogP) is 1.81. The van der Waals surface area contributed by atoms with Gasteiger partial charge in [0.15, 0.2) is 0 Å². The summed E-state index contributed by atoms with van der Waals surface area (Å²) in [6, 6.07) is 5.88. The Bertz CT molecular complexity index is 388. The SMILES string of the molecule is CN(C)C(C=O)c1ccc2c(c1)CCCO2. The number of hydrogen-bond donors (Lipinski definition) is 0. The molecule has 0 radical (unpaired) electrons. The normalized spacial score (nSPS) is 16.4. The molecule has 0 fully saturated rings. The fraction of sp³-hybridized carbons (Fsp3) is 0.462. The first kappa shape index (κ1) is 11.1. The smallest absolute Gasteiger partial charge is 0.141 e. The molecule has 1 aliphatic heterocycles. The molecule has 1 aromatic carbocycles. The molecule has 0 aliphatic carbocycles. The first-order chi connectivity index (χ1) is 7.72. The molecule has 86 valence electrons. The summed E-state index contributed by atoms with van der Waals surface area (Å²) in [5.74, 6) is 0.971. The van der Waals surface area contributed by atoms with Crippen LogP contribution in [0.1, 0.15) is 23.6 Å². The molecule has 2 rings (SSSR count). The Balaban J connectivity index is 2.32. The number of aryl methyl sites for hydroxylation is 1. The summed E-state index contributed by atoms with van der Waals surface area (Å²) >= 11 is 0. The summed E-state index contributed by atoms with van der Waals surface area (Å²) in [7, 11) is 3.82. The molecular formula is C13H17NO2. The van der Waals surface area contributed by atoms with Crippen molar-refractivity contribution in [2.45, 2.75) is 18.9 Å². The predicted molar refractivity (Wildman–Crippen MR) is 62.8 cm³/mol. The van der Waals surface area contributed by atoms with Gasteiger partial charge in [-0.15, -0.1) is 0 Å². The minimum absolute atomic E-state index is 0.160. The van der Waals surface area contributed by atoms with E-state index in [4.69, 9.17) is 4.74 Å². The highest BCUT2D eigenvalue weighted by atomic mass is 16.5. The largest absolute Gasteiger partial charge is 0.493 e. The molecule has 0 spiro atoms. The second-order valence-corrected chi connectivity index (χ2v) is 4.36. The van der Waals surface area contributed by atoms with E-state index in [-0.39, 0.29) is 6.04 Å². The number of carbonyl (C=O) groups excluding carboxylic acids is 1. The first-order valence-electron chi connectivity index (χ1n) is 5.59. The van der Waals surface area contributed by atoms with Crippen LogP contribution in [-0.4, -0.2) is 31.9 Å². The van der Waals surface area contributed by atoms with Gasteiger partial charge in [0.1, 0.15) is 12.0 Å². The monoisotopic (exact) mass is 219 g/mol. The standard InChI is InChI=1S/C13H17NO2/c1-14(2)12(9-15)10-5-6-13-11(8-10)4-3-7-16-13/h5-6,8-9,12H,3-4,7H2,1-2H3. The molecule has 0 saturated carbocycles. The Kier molecular flexibility index (Phi) is 3.25. The molecule has 1 unspecified atom stereocenters. The van der Waals surface area contributed by atoms with Crippen LogP contribution in [0, 0.1) is 0 Å². The third-order valence-electron chi connectivity index (χ3n) is 2.96. The molecule has 3 nitrogen and oxygen atoms in total. The summed E-state index contributed by atoms with van der Waals surface area (Å²) in [4.78, 5) is 13.0. The van der Waals surface area contributed by atoms with Crippen molar-refractivity contribution in [3.8, 4) is 5.75 Å². The zero-order chi connectivity index (χ0) is 11.5. The summed E-state index contributed by atoms with van der Waals surface area (Å²) in [6.45, 7) is 0.803. The number of aldehydes is 1. The van der Waals surface area contributed by atoms with Gasteiger partial charge in [0.25, 0.3) is 0 Å². The molecule has 0 N–H and O–H groups in total. The van der Waals surface area contributed by atoms with Crippen LogP contribution >= 0.6 is 0 Å². The van der Waals surface area contributed by atoms with E-state index in [0.29, 0.717) is 0 Å². The van der Waals surface area contributed by atoms with E-state index in [9.17, 15) is 4.79 Å². The molecule has 0 amide bonds. The minimum Gasteiger partial charge on any atom is -0.493 e. The Hall–Kier alpha value is -1.35. The van der Waals surface area contributed by atoms with Gasteiger partial charge in [0.2, 0.25) is 0 Å². The maximum Gasteiger partial charge on any atom is 0.141 e. The van der Waals surface area contributed by atoms with Crippen molar-refractivity contribution < 1.29 is 9.53 Å². The van der Waals surface area contributed by atoms with Crippen LogP contribution in [-0.2, 0) is 11.2 Å². The molecule has 1 aliphatic rings. The average Bonchev–Trinajstić information content (AvgIpc) is 2.29. The Labute approximate surface area is 96.0 Å². The highest BCUT2D eigenvalue weighted by Gasteiger charge is 2.16. The summed E-state index contributed by atoms with van der Waals surface area (Å²) in [5.41, 5.74) is 2.27. The topological polar surface area (TPSA) is 29.5 Å². The van der Waals surface area contributed by atoms with Crippen molar-refractivity contribution in [2.24, 2.45) is 0 Å². The van der Waals surface area contributed by atoms with Crippen LogP contribution < -0.4 is 4.74 Å². The van der Waals surface area contributed by atoms with Gasteiger partial charge in [-0.25, -0.2) is 0 Å². The number of ether oxygens (including phenoxy) is 1. The highest BCUT2D eigenvalue weighted by molar-refractivity contribution is 5.62. The van der Waals surface area contributed by atoms with Crippen LogP contribution in [0.5, 0.6) is 5.75 Å². The maximum atomic E-state index is 11.0. The van der Waals surface area contributed by atoms with Gasteiger partial charge in [-0.1, -0.05) is 12.1 Å². The van der Waals surface area contributed by atoms with Gasteiger partial charge in [0, 0.05) is 0 Å². The zero-order valence-corrected chi connectivity index (χ0v) is 9.77. The molecule has 0 bridgehead atoms. The number of likely N-dealkylation sites (N-methyl/N-ethyl adjacent to an activating group) is 1. The second kappa shape index (κ2) is 4.66. The number of carbonyl (C=O) groups is 1. The van der Waals surface area contributed by atoms with Crippen LogP contribution in [0.4, 0.5) is 0 Å². The van der Waals surface area contributed by atoms with Crippen LogP contribution in [0.3, 0.4) is 0 Å². The molecular weight excluding hydrogens is 202 g/mol. The Morgan fingerprint density at radius 3 is 2.94 bits per heavy atom. The van der Waals surface area contributed by atoms with E-state index < -0.39 is 0 Å². The van der Waals surface area contributed by atoms with E-state index in [1.54, 1.807) is 0 Å². The highest BCUT2D eigenvalue weighted by Crippen LogP contribution is 2.28. The lowest BCUT2D eigenvalue weighted by molar-refractivity contribution is -0.111. The summed E-state index contributed by atoms with van der Waals surface area (Å²) in [6.07, 6.45) is 3.08. The molecule has 0 aromatic heterocycles. The van der Waals surface area contributed by atoms with Gasteiger partial charge < -0.3 is 9.53 Å². The van der Waals surface area contributed by atoms with E-state index in [1.807, 2.05) is 31.1 Å². The fourth-order valence-electron chi connectivity index (χ4n) is 2.06. The fourth-order valence-corrected chi connectivity index (χ4v) is 2.06. The summed E-state index contributed by atoms with van der Waals surface area (Å²) in [5, 5.41) is 0. The average molecular weight is 219 g/mol. The second-order valence-electron chi connectivity index (χ2n) is 4.36. The third-order valence-corrected chi connectivity index (χ3v) is 2.96. The lowest BCUT2D eigenvalue weighted by Gasteiger charge is -2.22. The summed E-state index contributed by atoms with van der Waals surface area (Å²) < 4.78 is 5.55. The molecule has 16 heavy (non-hydrogen) atoms. The van der Waals surface area contributed by atoms with Crippen LogP contribution in [0.15, 0.2) is 18.2 Å². The number of hydrogen-bond acceptors (Lipinski definition) is 3. The lowest BCUT2D eigenvalue weighted by Crippen LogP contribution is -2.21. The van der Waals surface area contributed by atoms with Crippen molar-refractivity contribution in [3.63, 3.8) is 0 Å². The molecule has 0 saturated heterocycles. The van der Waals surface area contributed by atoms with Gasteiger partial charge in [0.05, 0.1) is 12.6 Å². The molecule has 1 atom stereocenters. The van der Waals surface area contributed by atoms with E-state index in [2.05, 4.69) is 6.07 Å². The number of rotatable bonds is 3.